The molecule has 0 spiro atoms. The molecular formula is C23H22Cl2N2O2S. The molecule has 30 heavy (non-hydrogen) atoms. The minimum Gasteiger partial charge on any atom is -0.476 e. The number of rotatable bonds is 5. The SMILES string of the molecule is Cc1c(C(=O)O)nn(-c2ccc(Cl)cc2Cl)c1-c1ccc(/C=C/C2CCCCC2)s1. The third-order valence-corrected chi connectivity index (χ3v) is 7.10. The van der Waals surface area contributed by atoms with E-state index in [1.807, 2.05) is 6.07 Å². The maximum atomic E-state index is 11.7. The number of halogens is 2. The second kappa shape index (κ2) is 8.96. The monoisotopic (exact) mass is 460 g/mol. The predicted octanol–water partition coefficient (Wildman–Crippen LogP) is 7.51. The van der Waals surface area contributed by atoms with Crippen molar-refractivity contribution in [2.45, 2.75) is 39.0 Å². The van der Waals surface area contributed by atoms with Gasteiger partial charge in [0.15, 0.2) is 5.69 Å². The van der Waals surface area contributed by atoms with Gasteiger partial charge in [-0.25, -0.2) is 9.48 Å². The fourth-order valence-electron chi connectivity index (χ4n) is 3.94. The number of benzene rings is 1. The molecule has 0 amide bonds. The van der Waals surface area contributed by atoms with Gasteiger partial charge in [-0.15, -0.1) is 11.3 Å². The van der Waals surface area contributed by atoms with Crippen LogP contribution in [0.15, 0.2) is 36.4 Å². The van der Waals surface area contributed by atoms with Crippen LogP contribution in [0.4, 0.5) is 0 Å². The number of hydrogen-bond donors (Lipinski definition) is 1. The molecule has 1 aliphatic carbocycles. The van der Waals surface area contributed by atoms with Gasteiger partial charge >= 0.3 is 5.97 Å². The van der Waals surface area contributed by atoms with E-state index >= 15 is 0 Å². The molecule has 1 aromatic carbocycles. The second-order valence-corrected chi connectivity index (χ2v) is 9.55. The fraction of sp³-hybridized carbons (Fsp3) is 0.304. The van der Waals surface area contributed by atoms with Gasteiger partial charge in [0.05, 0.1) is 21.3 Å². The van der Waals surface area contributed by atoms with Gasteiger partial charge in [0, 0.05) is 15.5 Å². The number of hydrogen-bond acceptors (Lipinski definition) is 3. The van der Waals surface area contributed by atoms with E-state index in [0.29, 0.717) is 27.2 Å². The van der Waals surface area contributed by atoms with E-state index < -0.39 is 5.97 Å². The molecule has 0 radical (unpaired) electrons. The number of aromatic carboxylic acids is 1. The van der Waals surface area contributed by atoms with Crippen LogP contribution in [-0.2, 0) is 0 Å². The smallest absolute Gasteiger partial charge is 0.356 e. The minimum absolute atomic E-state index is 0.0173. The Labute approximate surface area is 189 Å². The Morgan fingerprint density at radius 3 is 2.67 bits per heavy atom. The molecule has 1 saturated carbocycles. The van der Waals surface area contributed by atoms with Crippen molar-refractivity contribution in [2.75, 3.05) is 0 Å². The number of aromatic nitrogens is 2. The molecular weight excluding hydrogens is 439 g/mol. The van der Waals surface area contributed by atoms with E-state index in [1.165, 1.54) is 32.1 Å². The van der Waals surface area contributed by atoms with E-state index in [2.05, 4.69) is 23.3 Å². The molecule has 7 heteroatoms. The Bertz CT molecular complexity index is 1110. The van der Waals surface area contributed by atoms with Gasteiger partial charge in [-0.05, 0) is 62.1 Å². The zero-order chi connectivity index (χ0) is 21.3. The number of carbonyl (C=O) groups is 1. The molecule has 2 heterocycles. The van der Waals surface area contributed by atoms with Crippen LogP contribution in [0.2, 0.25) is 10.0 Å². The van der Waals surface area contributed by atoms with Gasteiger partial charge in [0.2, 0.25) is 0 Å². The summed E-state index contributed by atoms with van der Waals surface area (Å²) >= 11 is 14.1. The number of thiophene rings is 1. The molecule has 2 aromatic heterocycles. The summed E-state index contributed by atoms with van der Waals surface area (Å²) in [5, 5.41) is 14.9. The molecule has 3 aromatic rings. The van der Waals surface area contributed by atoms with Crippen LogP contribution in [0.5, 0.6) is 0 Å². The highest BCUT2D eigenvalue weighted by molar-refractivity contribution is 7.16. The Balaban J connectivity index is 1.74. The van der Waals surface area contributed by atoms with Gasteiger partial charge in [-0.1, -0.05) is 48.5 Å². The second-order valence-electron chi connectivity index (χ2n) is 7.59. The van der Waals surface area contributed by atoms with E-state index in [-0.39, 0.29) is 5.69 Å². The molecule has 0 atom stereocenters. The lowest BCUT2D eigenvalue weighted by Crippen LogP contribution is -2.02. The highest BCUT2D eigenvalue weighted by Crippen LogP contribution is 2.37. The van der Waals surface area contributed by atoms with Gasteiger partial charge in [-0.3, -0.25) is 0 Å². The average molecular weight is 461 g/mol. The molecule has 1 N–H and O–H groups in total. The minimum atomic E-state index is -1.06. The first-order chi connectivity index (χ1) is 14.4. The Morgan fingerprint density at radius 1 is 1.20 bits per heavy atom. The summed E-state index contributed by atoms with van der Waals surface area (Å²) in [5.74, 6) is -0.408. The Hall–Kier alpha value is -2.08. The Kier molecular flexibility index (Phi) is 6.32. The van der Waals surface area contributed by atoms with Crippen LogP contribution in [-0.4, -0.2) is 20.9 Å². The lowest BCUT2D eigenvalue weighted by Gasteiger charge is -2.17. The van der Waals surface area contributed by atoms with Crippen molar-refractivity contribution >= 4 is 46.6 Å². The third kappa shape index (κ3) is 4.34. The highest BCUT2D eigenvalue weighted by Gasteiger charge is 2.23. The van der Waals surface area contributed by atoms with Gasteiger partial charge < -0.3 is 5.11 Å². The number of allylic oxidation sites excluding steroid dienone is 1. The first-order valence-corrected chi connectivity index (χ1v) is 11.6. The molecule has 0 aliphatic heterocycles. The summed E-state index contributed by atoms with van der Waals surface area (Å²) < 4.78 is 1.61. The van der Waals surface area contributed by atoms with Crippen molar-refractivity contribution in [3.63, 3.8) is 0 Å². The van der Waals surface area contributed by atoms with Crippen LogP contribution in [0, 0.1) is 12.8 Å². The molecule has 0 bridgehead atoms. The fourth-order valence-corrected chi connectivity index (χ4v) is 5.44. The zero-order valence-corrected chi connectivity index (χ0v) is 18.9. The van der Waals surface area contributed by atoms with Crippen molar-refractivity contribution < 1.29 is 9.90 Å². The van der Waals surface area contributed by atoms with Crippen LogP contribution in [0.25, 0.3) is 22.3 Å². The van der Waals surface area contributed by atoms with Crippen molar-refractivity contribution in [1.29, 1.82) is 0 Å². The van der Waals surface area contributed by atoms with Crippen LogP contribution in [0.1, 0.15) is 53.0 Å². The van der Waals surface area contributed by atoms with Crippen molar-refractivity contribution in [1.82, 2.24) is 9.78 Å². The van der Waals surface area contributed by atoms with Gasteiger partial charge in [0.25, 0.3) is 0 Å². The summed E-state index contributed by atoms with van der Waals surface area (Å²) in [5.41, 5.74) is 1.96. The third-order valence-electron chi connectivity index (χ3n) is 5.51. The molecule has 0 unspecified atom stereocenters. The maximum absolute atomic E-state index is 11.7. The normalized spacial score (nSPS) is 15.2. The lowest BCUT2D eigenvalue weighted by atomic mass is 9.89. The first kappa shape index (κ1) is 21.2. The van der Waals surface area contributed by atoms with Gasteiger partial charge in [-0.2, -0.15) is 5.10 Å². The maximum Gasteiger partial charge on any atom is 0.356 e. The largest absolute Gasteiger partial charge is 0.476 e. The summed E-state index contributed by atoms with van der Waals surface area (Å²) in [4.78, 5) is 13.8. The molecule has 0 saturated heterocycles. The topological polar surface area (TPSA) is 55.1 Å². The summed E-state index contributed by atoms with van der Waals surface area (Å²) in [7, 11) is 0. The quantitative estimate of drug-likeness (QED) is 0.428. The molecule has 4 nitrogen and oxygen atoms in total. The van der Waals surface area contributed by atoms with Crippen LogP contribution >= 0.6 is 34.5 Å². The lowest BCUT2D eigenvalue weighted by molar-refractivity contribution is 0.0689. The average Bonchev–Trinajstić information content (AvgIpc) is 3.31. The van der Waals surface area contributed by atoms with E-state index in [0.717, 1.165) is 15.4 Å². The summed E-state index contributed by atoms with van der Waals surface area (Å²) in [6.07, 6.45) is 11.0. The standard InChI is InChI=1S/C23H22Cl2N2O2S/c1-14-21(23(28)29)26-27(19-11-8-16(24)13-18(19)25)22(14)20-12-10-17(30-20)9-7-15-5-3-2-4-6-15/h7-13,15H,2-6H2,1H3,(H,28,29)/b9-7+. The zero-order valence-electron chi connectivity index (χ0n) is 16.6. The van der Waals surface area contributed by atoms with Crippen molar-refractivity contribution in [3.05, 3.63) is 62.6 Å². The molecule has 1 fully saturated rings. The van der Waals surface area contributed by atoms with Gasteiger partial charge in [0.1, 0.15) is 0 Å². The van der Waals surface area contributed by atoms with E-state index in [9.17, 15) is 9.90 Å². The Morgan fingerprint density at radius 2 is 1.97 bits per heavy atom. The summed E-state index contributed by atoms with van der Waals surface area (Å²) in [6, 6.07) is 9.19. The van der Waals surface area contributed by atoms with Crippen molar-refractivity contribution in [2.24, 2.45) is 5.92 Å². The number of carboxylic acids is 1. The predicted molar refractivity (Wildman–Crippen MR) is 124 cm³/mol. The van der Waals surface area contributed by atoms with Crippen LogP contribution < -0.4 is 0 Å². The molecule has 4 rings (SSSR count). The molecule has 156 valence electrons. The summed E-state index contributed by atoms with van der Waals surface area (Å²) in [6.45, 7) is 1.78. The number of carboxylic acid groups (broad SMARTS) is 1. The van der Waals surface area contributed by atoms with E-state index in [1.54, 1.807) is 41.1 Å². The van der Waals surface area contributed by atoms with Crippen molar-refractivity contribution in [3.8, 4) is 16.3 Å². The molecule has 1 aliphatic rings. The van der Waals surface area contributed by atoms with E-state index in [4.69, 9.17) is 23.2 Å². The van der Waals surface area contributed by atoms with Crippen LogP contribution in [0.3, 0.4) is 0 Å². The highest BCUT2D eigenvalue weighted by atomic mass is 35.5. The first-order valence-electron chi connectivity index (χ1n) is 10.0. The number of nitrogens with zero attached hydrogens (tertiary/aromatic N) is 2.